The summed E-state index contributed by atoms with van der Waals surface area (Å²) in [4.78, 5) is 26.3. The van der Waals surface area contributed by atoms with Gasteiger partial charge in [0.15, 0.2) is 11.4 Å². The van der Waals surface area contributed by atoms with Gasteiger partial charge in [-0.25, -0.2) is 4.79 Å². The monoisotopic (exact) mass is 386 g/mol. The molecule has 1 aliphatic rings. The average molecular weight is 386 g/mol. The van der Waals surface area contributed by atoms with Crippen molar-refractivity contribution in [3.05, 3.63) is 107 Å². The highest BCUT2D eigenvalue weighted by molar-refractivity contribution is 5.97. The molecule has 0 bridgehead atoms. The minimum absolute atomic E-state index is 0.0416. The zero-order valence-corrected chi connectivity index (χ0v) is 16.2. The first-order valence-corrected chi connectivity index (χ1v) is 9.60. The number of ether oxygens (including phenoxy) is 2. The van der Waals surface area contributed by atoms with Crippen molar-refractivity contribution >= 4 is 11.8 Å². The van der Waals surface area contributed by atoms with Gasteiger partial charge >= 0.3 is 5.97 Å². The first kappa shape index (κ1) is 19.1. The van der Waals surface area contributed by atoms with Gasteiger partial charge in [-0.1, -0.05) is 84.9 Å². The molecular formula is C25H22O4. The van der Waals surface area contributed by atoms with Crippen molar-refractivity contribution in [2.45, 2.75) is 24.5 Å². The lowest BCUT2D eigenvalue weighted by atomic mass is 9.71. The van der Waals surface area contributed by atoms with Crippen LogP contribution in [0.5, 0.6) is 0 Å². The Morgan fingerprint density at radius 1 is 0.931 bits per heavy atom. The summed E-state index contributed by atoms with van der Waals surface area (Å²) < 4.78 is 11.5. The number of fused-ring (bicyclic) bond motifs is 1. The van der Waals surface area contributed by atoms with Gasteiger partial charge < -0.3 is 9.47 Å². The Morgan fingerprint density at radius 2 is 1.55 bits per heavy atom. The lowest BCUT2D eigenvalue weighted by molar-refractivity contribution is -0.181. The number of rotatable bonds is 5. The van der Waals surface area contributed by atoms with Crippen molar-refractivity contribution < 1.29 is 19.1 Å². The van der Waals surface area contributed by atoms with E-state index in [1.54, 1.807) is 12.1 Å². The quantitative estimate of drug-likeness (QED) is 0.473. The van der Waals surface area contributed by atoms with Crippen molar-refractivity contribution in [1.82, 2.24) is 0 Å². The van der Waals surface area contributed by atoms with E-state index < -0.39 is 17.5 Å². The van der Waals surface area contributed by atoms with Crippen LogP contribution in [0.4, 0.5) is 0 Å². The molecule has 4 heteroatoms. The third-order valence-corrected chi connectivity index (χ3v) is 5.55. The van der Waals surface area contributed by atoms with E-state index in [0.717, 1.165) is 11.1 Å². The Kier molecular flexibility index (Phi) is 5.28. The fraction of sp³-hybridized carbons (Fsp3) is 0.200. The zero-order chi connectivity index (χ0) is 20.3. The normalized spacial score (nSPS) is 20.5. The van der Waals surface area contributed by atoms with Crippen molar-refractivity contribution in [2.24, 2.45) is 0 Å². The van der Waals surface area contributed by atoms with E-state index in [9.17, 15) is 9.59 Å². The molecule has 0 saturated heterocycles. The minimum atomic E-state index is -1.38. The Bertz CT molecular complexity index is 1010. The van der Waals surface area contributed by atoms with Crippen molar-refractivity contribution in [3.63, 3.8) is 0 Å². The van der Waals surface area contributed by atoms with Gasteiger partial charge in [0.25, 0.3) is 0 Å². The van der Waals surface area contributed by atoms with Crippen molar-refractivity contribution in [1.29, 1.82) is 0 Å². The Hall–Kier alpha value is -3.24. The maximum Gasteiger partial charge on any atom is 0.343 e. The maximum atomic E-state index is 13.2. The van der Waals surface area contributed by atoms with Crippen molar-refractivity contribution in [3.8, 4) is 0 Å². The second kappa shape index (κ2) is 8.02. The van der Waals surface area contributed by atoms with Gasteiger partial charge in [-0.15, -0.1) is 0 Å². The summed E-state index contributed by atoms with van der Waals surface area (Å²) in [6.45, 7) is 0.274. The van der Waals surface area contributed by atoms with Gasteiger partial charge in [-0.2, -0.15) is 0 Å². The number of carbonyl (C=O) groups is 2. The SMILES string of the molecule is COC(=O)[C@@]1(c2ccccc2)OCc2ccccc2[C@@H]1CC(=O)c1ccccc1. The molecule has 0 radical (unpaired) electrons. The predicted molar refractivity (Wildman–Crippen MR) is 109 cm³/mol. The summed E-state index contributed by atoms with van der Waals surface area (Å²) in [5.74, 6) is -1.04. The molecule has 0 spiro atoms. The lowest BCUT2D eigenvalue weighted by Gasteiger charge is -2.42. The Morgan fingerprint density at radius 3 is 2.24 bits per heavy atom. The van der Waals surface area contributed by atoms with E-state index in [0.29, 0.717) is 11.1 Å². The number of benzene rings is 3. The molecule has 0 amide bonds. The number of hydrogen-bond acceptors (Lipinski definition) is 4. The highest BCUT2D eigenvalue weighted by Crippen LogP contribution is 2.48. The minimum Gasteiger partial charge on any atom is -0.467 e. The van der Waals surface area contributed by atoms with Gasteiger partial charge in [0, 0.05) is 17.9 Å². The molecule has 3 aromatic carbocycles. The second-order valence-corrected chi connectivity index (χ2v) is 7.13. The van der Waals surface area contributed by atoms with Gasteiger partial charge in [0.1, 0.15) is 0 Å². The van der Waals surface area contributed by atoms with Crippen LogP contribution in [0.3, 0.4) is 0 Å². The molecule has 29 heavy (non-hydrogen) atoms. The van der Waals surface area contributed by atoms with Crippen LogP contribution in [0.1, 0.15) is 39.4 Å². The third kappa shape index (κ3) is 3.36. The first-order valence-electron chi connectivity index (χ1n) is 9.60. The molecule has 4 nitrogen and oxygen atoms in total. The van der Waals surface area contributed by atoms with E-state index in [1.807, 2.05) is 72.8 Å². The van der Waals surface area contributed by atoms with Gasteiger partial charge in [0.2, 0.25) is 0 Å². The molecule has 0 N–H and O–H groups in total. The molecule has 0 unspecified atom stereocenters. The van der Waals surface area contributed by atoms with E-state index in [2.05, 4.69) is 0 Å². The van der Waals surface area contributed by atoms with Crippen LogP contribution < -0.4 is 0 Å². The summed E-state index contributed by atoms with van der Waals surface area (Å²) in [5.41, 5.74) is 1.84. The van der Waals surface area contributed by atoms with Crippen LogP contribution in [0.15, 0.2) is 84.9 Å². The summed E-state index contributed by atoms with van der Waals surface area (Å²) in [5, 5.41) is 0. The summed E-state index contributed by atoms with van der Waals surface area (Å²) >= 11 is 0. The third-order valence-electron chi connectivity index (χ3n) is 5.55. The highest BCUT2D eigenvalue weighted by Gasteiger charge is 2.53. The van der Waals surface area contributed by atoms with E-state index >= 15 is 0 Å². The highest BCUT2D eigenvalue weighted by atomic mass is 16.6. The number of esters is 1. The van der Waals surface area contributed by atoms with Gasteiger partial charge in [0.05, 0.1) is 13.7 Å². The average Bonchev–Trinajstić information content (AvgIpc) is 2.80. The summed E-state index contributed by atoms with van der Waals surface area (Å²) in [7, 11) is 1.35. The zero-order valence-electron chi connectivity index (χ0n) is 16.2. The molecule has 4 rings (SSSR count). The molecular weight excluding hydrogens is 364 g/mol. The van der Waals surface area contributed by atoms with Gasteiger partial charge in [-0.05, 0) is 16.7 Å². The van der Waals surface area contributed by atoms with Crippen LogP contribution in [0.2, 0.25) is 0 Å². The van der Waals surface area contributed by atoms with E-state index in [4.69, 9.17) is 9.47 Å². The Balaban J connectivity index is 1.87. The molecule has 0 fully saturated rings. The number of carbonyl (C=O) groups excluding carboxylic acids is 2. The number of methoxy groups -OCH3 is 1. The first-order chi connectivity index (χ1) is 14.2. The predicted octanol–water partition coefficient (Wildman–Crippen LogP) is 4.64. The number of ketones is 1. The van der Waals surface area contributed by atoms with Crippen LogP contribution in [-0.4, -0.2) is 18.9 Å². The fourth-order valence-electron chi connectivity index (χ4n) is 4.14. The molecule has 1 aliphatic heterocycles. The molecule has 0 aliphatic carbocycles. The number of hydrogen-bond donors (Lipinski definition) is 0. The summed E-state index contributed by atoms with van der Waals surface area (Å²) in [6, 6.07) is 26.3. The lowest BCUT2D eigenvalue weighted by Crippen LogP contribution is -2.48. The van der Waals surface area contributed by atoms with Crippen LogP contribution in [-0.2, 0) is 26.5 Å². The topological polar surface area (TPSA) is 52.6 Å². The standard InChI is InChI=1S/C25H22O4/c1-28-24(27)25(20-13-6-3-7-14-20)22(16-23(26)18-10-4-2-5-11-18)21-15-9-8-12-19(21)17-29-25/h2-15,22H,16-17H2,1H3/t22-,25-/m0/s1. The molecule has 0 aromatic heterocycles. The molecule has 0 saturated carbocycles. The molecule has 146 valence electrons. The smallest absolute Gasteiger partial charge is 0.343 e. The van der Waals surface area contributed by atoms with Crippen LogP contribution >= 0.6 is 0 Å². The van der Waals surface area contributed by atoms with Gasteiger partial charge in [-0.3, -0.25) is 4.79 Å². The molecule has 3 aromatic rings. The van der Waals surface area contributed by atoms with Crippen LogP contribution in [0.25, 0.3) is 0 Å². The van der Waals surface area contributed by atoms with Crippen molar-refractivity contribution in [2.75, 3.05) is 7.11 Å². The molecule has 2 atom stereocenters. The largest absolute Gasteiger partial charge is 0.467 e. The van der Waals surface area contributed by atoms with E-state index in [1.165, 1.54) is 7.11 Å². The van der Waals surface area contributed by atoms with E-state index in [-0.39, 0.29) is 18.8 Å². The second-order valence-electron chi connectivity index (χ2n) is 7.13. The summed E-state index contributed by atoms with van der Waals surface area (Å²) in [6.07, 6.45) is 0.130. The number of Topliss-reactive ketones (excluding diaryl/α,β-unsaturated/α-hetero) is 1. The van der Waals surface area contributed by atoms with Crippen LogP contribution in [0, 0.1) is 0 Å². The molecule has 1 heterocycles. The fourth-order valence-corrected chi connectivity index (χ4v) is 4.14. The Labute approximate surface area is 170 Å². The maximum absolute atomic E-state index is 13.2.